The molecule has 0 spiro atoms. The molecular formula is C19H38N2. The molecule has 0 aromatic heterocycles. The molecule has 1 aliphatic heterocycles. The molecule has 21 heavy (non-hydrogen) atoms. The highest BCUT2D eigenvalue weighted by atomic mass is 15.2. The minimum Gasteiger partial charge on any atom is -0.329 e. The van der Waals surface area contributed by atoms with Gasteiger partial charge < -0.3 is 5.73 Å². The van der Waals surface area contributed by atoms with Gasteiger partial charge in [-0.2, -0.15) is 0 Å². The van der Waals surface area contributed by atoms with E-state index in [1.165, 1.54) is 45.1 Å². The van der Waals surface area contributed by atoms with Crippen LogP contribution in [0, 0.1) is 23.2 Å². The van der Waals surface area contributed by atoms with Crippen molar-refractivity contribution in [3.8, 4) is 0 Å². The van der Waals surface area contributed by atoms with Gasteiger partial charge in [0, 0.05) is 18.6 Å². The lowest BCUT2D eigenvalue weighted by Gasteiger charge is -2.47. The Hall–Kier alpha value is -0.0800. The molecule has 0 aromatic carbocycles. The molecule has 124 valence electrons. The van der Waals surface area contributed by atoms with Crippen LogP contribution in [0.3, 0.4) is 0 Å². The molecule has 1 saturated carbocycles. The van der Waals surface area contributed by atoms with Gasteiger partial charge in [-0.05, 0) is 75.2 Å². The van der Waals surface area contributed by atoms with Gasteiger partial charge in [0.25, 0.3) is 0 Å². The van der Waals surface area contributed by atoms with Crippen LogP contribution in [0.4, 0.5) is 0 Å². The van der Waals surface area contributed by atoms with Gasteiger partial charge in [-0.15, -0.1) is 0 Å². The molecule has 2 rings (SSSR count). The van der Waals surface area contributed by atoms with Crippen molar-refractivity contribution in [2.24, 2.45) is 28.9 Å². The average Bonchev–Trinajstić information content (AvgIpc) is 2.41. The van der Waals surface area contributed by atoms with Crippen LogP contribution in [0.1, 0.15) is 73.1 Å². The fourth-order valence-corrected chi connectivity index (χ4v) is 4.89. The number of hydrogen-bond acceptors (Lipinski definition) is 2. The molecule has 0 bridgehead atoms. The number of hydrogen-bond donors (Lipinski definition) is 1. The van der Waals surface area contributed by atoms with E-state index in [2.05, 4.69) is 39.5 Å². The van der Waals surface area contributed by atoms with Gasteiger partial charge in [0.15, 0.2) is 0 Å². The summed E-state index contributed by atoms with van der Waals surface area (Å²) in [4.78, 5) is 2.75. The summed E-state index contributed by atoms with van der Waals surface area (Å²) in [6.07, 6.45) is 8.31. The van der Waals surface area contributed by atoms with Crippen molar-refractivity contribution in [1.82, 2.24) is 4.90 Å². The molecule has 1 saturated heterocycles. The zero-order chi connectivity index (χ0) is 15.6. The molecule has 3 atom stereocenters. The molecule has 3 unspecified atom stereocenters. The van der Waals surface area contributed by atoms with E-state index in [9.17, 15) is 0 Å². The van der Waals surface area contributed by atoms with Crippen LogP contribution in [0.15, 0.2) is 0 Å². The predicted molar refractivity (Wildman–Crippen MR) is 92.3 cm³/mol. The van der Waals surface area contributed by atoms with Gasteiger partial charge in [-0.1, -0.05) is 27.7 Å². The molecule has 0 radical (unpaired) electrons. The Bertz CT molecular complexity index is 312. The molecule has 0 aromatic rings. The highest BCUT2D eigenvalue weighted by Crippen LogP contribution is 2.42. The molecule has 2 nitrogen and oxygen atoms in total. The van der Waals surface area contributed by atoms with E-state index in [-0.39, 0.29) is 0 Å². The van der Waals surface area contributed by atoms with Crippen molar-refractivity contribution in [1.29, 1.82) is 0 Å². The highest BCUT2D eigenvalue weighted by Gasteiger charge is 2.36. The van der Waals surface area contributed by atoms with Crippen molar-refractivity contribution in [2.75, 3.05) is 13.1 Å². The first-order valence-corrected chi connectivity index (χ1v) is 9.28. The Balaban J connectivity index is 1.93. The van der Waals surface area contributed by atoms with Crippen molar-refractivity contribution in [3.63, 3.8) is 0 Å². The van der Waals surface area contributed by atoms with Crippen LogP contribution in [-0.2, 0) is 0 Å². The van der Waals surface area contributed by atoms with E-state index in [1.54, 1.807) is 0 Å². The lowest BCUT2D eigenvalue weighted by molar-refractivity contribution is 0.0304. The minimum atomic E-state index is 0.483. The standard InChI is InChI=1S/C19H38N2/c1-14-10-11-21(15(2)12-14)18(13-20)16-6-8-17(9-7-16)19(3,4)5/h14-18H,6-13,20H2,1-5H3. The van der Waals surface area contributed by atoms with Crippen LogP contribution in [0.2, 0.25) is 0 Å². The first kappa shape index (κ1) is 17.3. The molecule has 1 heterocycles. The predicted octanol–water partition coefficient (Wildman–Crippen LogP) is 4.29. The van der Waals surface area contributed by atoms with E-state index in [4.69, 9.17) is 5.73 Å². The second-order valence-corrected chi connectivity index (χ2v) is 9.00. The van der Waals surface area contributed by atoms with Crippen LogP contribution in [-0.4, -0.2) is 30.1 Å². The minimum absolute atomic E-state index is 0.483. The van der Waals surface area contributed by atoms with Crippen molar-refractivity contribution in [3.05, 3.63) is 0 Å². The topological polar surface area (TPSA) is 29.3 Å². The molecular weight excluding hydrogens is 256 g/mol. The maximum atomic E-state index is 6.21. The van der Waals surface area contributed by atoms with E-state index < -0.39 is 0 Å². The third-order valence-electron chi connectivity index (χ3n) is 6.40. The molecule has 2 heteroatoms. The number of nitrogens with two attached hydrogens (primary N) is 1. The number of piperidine rings is 1. The molecule has 2 fully saturated rings. The van der Waals surface area contributed by atoms with Gasteiger partial charge in [0.1, 0.15) is 0 Å². The van der Waals surface area contributed by atoms with Gasteiger partial charge in [-0.3, -0.25) is 4.90 Å². The van der Waals surface area contributed by atoms with E-state index in [0.717, 1.165) is 30.3 Å². The fraction of sp³-hybridized carbons (Fsp3) is 1.00. The van der Waals surface area contributed by atoms with Crippen LogP contribution in [0.25, 0.3) is 0 Å². The van der Waals surface area contributed by atoms with Crippen LogP contribution < -0.4 is 5.73 Å². The molecule has 2 aliphatic rings. The van der Waals surface area contributed by atoms with Gasteiger partial charge in [0.2, 0.25) is 0 Å². The summed E-state index contributed by atoms with van der Waals surface area (Å²) in [5, 5.41) is 0. The summed E-state index contributed by atoms with van der Waals surface area (Å²) < 4.78 is 0. The van der Waals surface area contributed by atoms with Crippen molar-refractivity contribution in [2.45, 2.75) is 85.2 Å². The third-order valence-corrected chi connectivity index (χ3v) is 6.40. The summed E-state index contributed by atoms with van der Waals surface area (Å²) in [5.74, 6) is 2.64. The molecule has 1 aliphatic carbocycles. The van der Waals surface area contributed by atoms with E-state index in [0.29, 0.717) is 11.5 Å². The van der Waals surface area contributed by atoms with E-state index >= 15 is 0 Å². The average molecular weight is 295 g/mol. The Morgan fingerprint density at radius 3 is 2.14 bits per heavy atom. The summed E-state index contributed by atoms with van der Waals surface area (Å²) in [6.45, 7) is 14.2. The summed E-state index contributed by atoms with van der Waals surface area (Å²) >= 11 is 0. The second-order valence-electron chi connectivity index (χ2n) is 9.00. The number of nitrogens with zero attached hydrogens (tertiary/aromatic N) is 1. The third kappa shape index (κ3) is 4.22. The normalized spacial score (nSPS) is 37.4. The summed E-state index contributed by atoms with van der Waals surface area (Å²) in [5.41, 5.74) is 6.69. The maximum Gasteiger partial charge on any atom is 0.0249 e. The highest BCUT2D eigenvalue weighted by molar-refractivity contribution is 4.91. The lowest BCUT2D eigenvalue weighted by Crippen LogP contribution is -2.53. The van der Waals surface area contributed by atoms with E-state index in [1.807, 2.05) is 0 Å². The zero-order valence-corrected chi connectivity index (χ0v) is 15.1. The Labute approximate surface area is 132 Å². The fourth-order valence-electron chi connectivity index (χ4n) is 4.89. The Kier molecular flexibility index (Phi) is 5.76. The SMILES string of the molecule is CC1CCN(C(CN)C2CCC(C(C)(C)C)CC2)C(C)C1. The first-order chi connectivity index (χ1) is 9.82. The van der Waals surface area contributed by atoms with Crippen molar-refractivity contribution < 1.29 is 0 Å². The number of rotatable bonds is 3. The summed E-state index contributed by atoms with van der Waals surface area (Å²) in [7, 11) is 0. The zero-order valence-electron chi connectivity index (χ0n) is 15.1. The quantitative estimate of drug-likeness (QED) is 0.841. The lowest BCUT2D eigenvalue weighted by atomic mass is 9.68. The second kappa shape index (κ2) is 7.00. The number of likely N-dealkylation sites (tertiary alicyclic amines) is 1. The smallest absolute Gasteiger partial charge is 0.0249 e. The van der Waals surface area contributed by atoms with Crippen LogP contribution >= 0.6 is 0 Å². The molecule has 0 amide bonds. The monoisotopic (exact) mass is 294 g/mol. The van der Waals surface area contributed by atoms with Gasteiger partial charge in [0.05, 0.1) is 0 Å². The Morgan fingerprint density at radius 1 is 1.05 bits per heavy atom. The molecule has 2 N–H and O–H groups in total. The van der Waals surface area contributed by atoms with Gasteiger partial charge in [-0.25, -0.2) is 0 Å². The Morgan fingerprint density at radius 2 is 1.67 bits per heavy atom. The van der Waals surface area contributed by atoms with Crippen molar-refractivity contribution >= 4 is 0 Å². The summed E-state index contributed by atoms with van der Waals surface area (Å²) in [6, 6.07) is 1.36. The van der Waals surface area contributed by atoms with Gasteiger partial charge >= 0.3 is 0 Å². The largest absolute Gasteiger partial charge is 0.329 e. The first-order valence-electron chi connectivity index (χ1n) is 9.28. The maximum absolute atomic E-state index is 6.21. The van der Waals surface area contributed by atoms with Crippen LogP contribution in [0.5, 0.6) is 0 Å².